The summed E-state index contributed by atoms with van der Waals surface area (Å²) in [4.78, 5) is 18.8. The van der Waals surface area contributed by atoms with Crippen molar-refractivity contribution in [2.45, 2.75) is 38.1 Å². The van der Waals surface area contributed by atoms with E-state index in [1.807, 2.05) is 19.4 Å². The summed E-state index contributed by atoms with van der Waals surface area (Å²) in [6, 6.07) is 0. The molecule has 0 radical (unpaired) electrons. The number of carbonyl (C=O) groups is 1. The fraction of sp³-hybridized carbons (Fsp3) is 0.588. The monoisotopic (exact) mass is 417 g/mol. The molecule has 3 heterocycles. The lowest BCUT2D eigenvalue weighted by molar-refractivity contribution is -0.125. The molecule has 26 heavy (non-hydrogen) atoms. The third kappa shape index (κ3) is 4.39. The van der Waals surface area contributed by atoms with Gasteiger partial charge in [0.15, 0.2) is 0 Å². The van der Waals surface area contributed by atoms with Gasteiger partial charge in [0.25, 0.3) is 0 Å². The molecule has 0 aromatic carbocycles. The Hall–Kier alpha value is -1.15. The number of amides is 1. The number of aromatic nitrogens is 3. The molecule has 0 unspecified atom stereocenters. The zero-order valence-corrected chi connectivity index (χ0v) is 17.2. The molecule has 1 fully saturated rings. The molecule has 0 bridgehead atoms. The van der Waals surface area contributed by atoms with Gasteiger partial charge in [0, 0.05) is 37.1 Å². The van der Waals surface area contributed by atoms with E-state index in [1.54, 1.807) is 16.0 Å². The minimum atomic E-state index is -0.0382. The summed E-state index contributed by atoms with van der Waals surface area (Å²) in [7, 11) is 1.91. The molecule has 1 amide bonds. The summed E-state index contributed by atoms with van der Waals surface area (Å²) in [5.41, 5.74) is 2.39. The predicted molar refractivity (Wildman–Crippen MR) is 107 cm³/mol. The second-order valence-corrected chi connectivity index (χ2v) is 7.89. The molecule has 2 aliphatic rings. The summed E-state index contributed by atoms with van der Waals surface area (Å²) in [6.07, 6.45) is 8.62. The topological polar surface area (TPSA) is 71.8 Å². The van der Waals surface area contributed by atoms with E-state index in [1.165, 1.54) is 23.4 Å². The van der Waals surface area contributed by atoms with E-state index in [2.05, 4.69) is 15.7 Å². The average molecular weight is 418 g/mol. The highest BCUT2D eigenvalue weighted by molar-refractivity contribution is 7.11. The highest BCUT2D eigenvalue weighted by atomic mass is 35.5. The molecular weight excluding hydrogens is 393 g/mol. The van der Waals surface area contributed by atoms with Crippen molar-refractivity contribution < 1.29 is 4.79 Å². The summed E-state index contributed by atoms with van der Waals surface area (Å²) >= 11 is 1.77. The molecule has 144 valence electrons. The number of thiazole rings is 1. The quantitative estimate of drug-likeness (QED) is 0.799. The van der Waals surface area contributed by atoms with Crippen LogP contribution in [-0.4, -0.2) is 33.8 Å². The predicted octanol–water partition coefficient (Wildman–Crippen LogP) is 2.22. The average Bonchev–Trinajstić information content (AvgIpc) is 3.30. The number of rotatable bonds is 4. The highest BCUT2D eigenvalue weighted by Crippen LogP contribution is 2.29. The normalized spacial score (nSPS) is 21.4. The van der Waals surface area contributed by atoms with Gasteiger partial charge >= 0.3 is 0 Å². The smallest absolute Gasteiger partial charge is 0.225 e. The molecule has 1 aliphatic heterocycles. The van der Waals surface area contributed by atoms with Crippen molar-refractivity contribution in [1.82, 2.24) is 25.4 Å². The maximum Gasteiger partial charge on any atom is 0.225 e. The molecule has 2 aromatic rings. The van der Waals surface area contributed by atoms with Crippen LogP contribution in [0.4, 0.5) is 0 Å². The van der Waals surface area contributed by atoms with Crippen LogP contribution in [0.15, 0.2) is 12.4 Å². The van der Waals surface area contributed by atoms with Gasteiger partial charge in [-0.05, 0) is 31.2 Å². The molecule has 6 nitrogen and oxygen atoms in total. The largest absolute Gasteiger partial charge is 0.349 e. The number of hydrogen-bond acceptors (Lipinski definition) is 5. The van der Waals surface area contributed by atoms with Crippen molar-refractivity contribution in [3.8, 4) is 0 Å². The molecular formula is C17H25Cl2N5OS. The third-order valence-electron chi connectivity index (χ3n) is 5.01. The minimum Gasteiger partial charge on any atom is -0.349 e. The number of nitrogens with zero attached hydrogens (tertiary/aromatic N) is 3. The Labute approximate surface area is 170 Å². The Morgan fingerprint density at radius 1 is 1.35 bits per heavy atom. The van der Waals surface area contributed by atoms with Crippen LogP contribution in [0.25, 0.3) is 0 Å². The van der Waals surface area contributed by atoms with Crippen LogP contribution in [0.3, 0.4) is 0 Å². The van der Waals surface area contributed by atoms with Crippen LogP contribution in [-0.2, 0) is 31.2 Å². The third-order valence-corrected chi connectivity index (χ3v) is 6.17. The second kappa shape index (κ2) is 9.17. The lowest BCUT2D eigenvalue weighted by Crippen LogP contribution is -2.33. The Bertz CT molecular complexity index is 724. The standard InChI is InChI=1S/C17H23N5OS.2ClH/c1-22-10-11(6-20-22)12-7-18-8-13(12)17(23)19-9-16-21-14-4-2-3-5-15(14)24-16;;/h6,10,12-13,18H,2-5,7-9H2,1H3,(H,19,23);2*1H/t12-,13+;;/m1../s1. The van der Waals surface area contributed by atoms with Gasteiger partial charge in [-0.25, -0.2) is 4.98 Å². The number of aryl methyl sites for hydroxylation is 3. The van der Waals surface area contributed by atoms with Crippen LogP contribution < -0.4 is 10.6 Å². The van der Waals surface area contributed by atoms with E-state index in [0.717, 1.165) is 36.5 Å². The summed E-state index contributed by atoms with van der Waals surface area (Å²) in [6.45, 7) is 2.10. The molecule has 1 aliphatic carbocycles. The van der Waals surface area contributed by atoms with Crippen LogP contribution >= 0.6 is 36.2 Å². The van der Waals surface area contributed by atoms with Crippen LogP contribution in [0.2, 0.25) is 0 Å². The van der Waals surface area contributed by atoms with Crippen molar-refractivity contribution in [2.24, 2.45) is 13.0 Å². The minimum absolute atomic E-state index is 0. The number of hydrogen-bond donors (Lipinski definition) is 2. The van der Waals surface area contributed by atoms with Gasteiger partial charge in [0.2, 0.25) is 5.91 Å². The zero-order chi connectivity index (χ0) is 16.5. The molecule has 2 atom stereocenters. The number of fused-ring (bicyclic) bond motifs is 1. The van der Waals surface area contributed by atoms with Gasteiger partial charge < -0.3 is 10.6 Å². The SMILES string of the molecule is Cl.Cl.Cn1cc([C@H]2CNC[C@@H]2C(=O)NCc2nc3c(s2)CCCC3)cn1. The lowest BCUT2D eigenvalue weighted by Gasteiger charge is -2.16. The van der Waals surface area contributed by atoms with Crippen LogP contribution in [0.1, 0.15) is 39.9 Å². The van der Waals surface area contributed by atoms with Gasteiger partial charge in [-0.1, -0.05) is 0 Å². The van der Waals surface area contributed by atoms with Crippen LogP contribution in [0.5, 0.6) is 0 Å². The van der Waals surface area contributed by atoms with E-state index in [4.69, 9.17) is 4.98 Å². The molecule has 2 aromatic heterocycles. The van der Waals surface area contributed by atoms with Crippen molar-refractivity contribution in [3.63, 3.8) is 0 Å². The first-order chi connectivity index (χ1) is 11.7. The first-order valence-electron chi connectivity index (χ1n) is 8.65. The Balaban J connectivity index is 0.00000121. The zero-order valence-electron chi connectivity index (χ0n) is 14.7. The van der Waals surface area contributed by atoms with Gasteiger partial charge in [-0.3, -0.25) is 9.48 Å². The molecule has 9 heteroatoms. The number of carbonyl (C=O) groups excluding carboxylic acids is 1. The fourth-order valence-electron chi connectivity index (χ4n) is 3.71. The van der Waals surface area contributed by atoms with Gasteiger partial charge in [-0.15, -0.1) is 36.2 Å². The molecule has 0 saturated carbocycles. The van der Waals surface area contributed by atoms with E-state index in [-0.39, 0.29) is 42.6 Å². The Kier molecular flexibility index (Phi) is 7.46. The van der Waals surface area contributed by atoms with Crippen molar-refractivity contribution >= 4 is 42.1 Å². The maximum absolute atomic E-state index is 12.7. The first kappa shape index (κ1) is 21.2. The Morgan fingerprint density at radius 3 is 2.88 bits per heavy atom. The van der Waals surface area contributed by atoms with E-state index in [0.29, 0.717) is 6.54 Å². The van der Waals surface area contributed by atoms with Gasteiger partial charge in [-0.2, -0.15) is 5.10 Å². The summed E-state index contributed by atoms with van der Waals surface area (Å²) in [5, 5.41) is 11.7. The van der Waals surface area contributed by atoms with E-state index < -0.39 is 0 Å². The Morgan fingerprint density at radius 2 is 2.15 bits per heavy atom. The molecule has 0 spiro atoms. The van der Waals surface area contributed by atoms with Crippen molar-refractivity contribution in [1.29, 1.82) is 0 Å². The molecule has 2 N–H and O–H groups in total. The summed E-state index contributed by atoms with van der Waals surface area (Å²) in [5.74, 6) is 0.272. The molecule has 1 saturated heterocycles. The second-order valence-electron chi connectivity index (χ2n) is 6.72. The molecule has 4 rings (SSSR count). The van der Waals surface area contributed by atoms with E-state index in [9.17, 15) is 4.79 Å². The van der Waals surface area contributed by atoms with Gasteiger partial charge in [0.1, 0.15) is 5.01 Å². The first-order valence-corrected chi connectivity index (χ1v) is 9.47. The van der Waals surface area contributed by atoms with E-state index >= 15 is 0 Å². The fourth-order valence-corrected chi connectivity index (χ4v) is 4.81. The number of nitrogens with one attached hydrogen (secondary N) is 2. The lowest BCUT2D eigenvalue weighted by atomic mass is 9.90. The maximum atomic E-state index is 12.7. The number of halogens is 2. The summed E-state index contributed by atoms with van der Waals surface area (Å²) < 4.78 is 1.79. The van der Waals surface area contributed by atoms with Crippen molar-refractivity contribution in [3.05, 3.63) is 33.5 Å². The van der Waals surface area contributed by atoms with Gasteiger partial charge in [0.05, 0.1) is 24.4 Å². The highest BCUT2D eigenvalue weighted by Gasteiger charge is 2.34. The van der Waals surface area contributed by atoms with Crippen LogP contribution in [0, 0.1) is 5.92 Å². The van der Waals surface area contributed by atoms with Crippen molar-refractivity contribution in [2.75, 3.05) is 13.1 Å².